The Balaban J connectivity index is 1.93. The molecule has 0 aliphatic heterocycles. The summed E-state index contributed by atoms with van der Waals surface area (Å²) in [4.78, 5) is 25.0. The number of hydrogen-bond acceptors (Lipinski definition) is 2. The summed E-state index contributed by atoms with van der Waals surface area (Å²) >= 11 is 3.51. The van der Waals surface area contributed by atoms with Crippen molar-refractivity contribution in [1.29, 1.82) is 0 Å². The summed E-state index contributed by atoms with van der Waals surface area (Å²) in [6, 6.07) is 14.7. The minimum Gasteiger partial charge on any atom is -0.354 e. The fraction of sp³-hybridized carbons (Fsp3) is 0.333. The Kier molecular flexibility index (Phi) is 7.39. The highest BCUT2D eigenvalue weighted by atomic mass is 79.9. The van der Waals surface area contributed by atoms with Crippen LogP contribution < -0.4 is 10.6 Å². The number of carbonyl (C=O) groups is 2. The molecule has 0 spiro atoms. The molecule has 0 bridgehead atoms. The van der Waals surface area contributed by atoms with Gasteiger partial charge in [-0.05, 0) is 43.0 Å². The Bertz CT molecular complexity index is 757. The summed E-state index contributed by atoms with van der Waals surface area (Å²) < 4.78 is 1.03. The normalized spacial score (nSPS) is 11.9. The van der Waals surface area contributed by atoms with Crippen LogP contribution in [0, 0.1) is 12.8 Å². The van der Waals surface area contributed by atoms with Crippen LogP contribution in [0.5, 0.6) is 0 Å². The Morgan fingerprint density at radius 1 is 1.04 bits per heavy atom. The van der Waals surface area contributed by atoms with Crippen molar-refractivity contribution in [2.75, 3.05) is 6.54 Å². The zero-order valence-corrected chi connectivity index (χ0v) is 17.0. The first-order chi connectivity index (χ1) is 12.4. The quantitative estimate of drug-likeness (QED) is 0.719. The molecule has 0 radical (unpaired) electrons. The third kappa shape index (κ3) is 5.70. The predicted molar refractivity (Wildman–Crippen MR) is 108 cm³/mol. The highest BCUT2D eigenvalue weighted by Gasteiger charge is 2.24. The SMILES string of the molecule is Cc1ccc(C(=O)NC(C(=O)NCCc2ccccc2Br)C(C)C)cc1. The molecule has 0 aliphatic rings. The Morgan fingerprint density at radius 2 is 1.69 bits per heavy atom. The number of amides is 2. The van der Waals surface area contributed by atoms with Gasteiger partial charge in [-0.25, -0.2) is 0 Å². The van der Waals surface area contributed by atoms with E-state index in [1.165, 1.54) is 0 Å². The van der Waals surface area contributed by atoms with E-state index in [0.717, 1.165) is 22.0 Å². The number of nitrogens with one attached hydrogen (secondary N) is 2. The van der Waals surface area contributed by atoms with Crippen LogP contribution >= 0.6 is 15.9 Å². The largest absolute Gasteiger partial charge is 0.354 e. The Hall–Kier alpha value is -2.14. The zero-order valence-electron chi connectivity index (χ0n) is 15.4. The summed E-state index contributed by atoms with van der Waals surface area (Å²) in [5, 5.41) is 5.78. The first-order valence-electron chi connectivity index (χ1n) is 8.77. The van der Waals surface area contributed by atoms with Crippen molar-refractivity contribution in [3.8, 4) is 0 Å². The van der Waals surface area contributed by atoms with Gasteiger partial charge in [-0.2, -0.15) is 0 Å². The van der Waals surface area contributed by atoms with Gasteiger partial charge in [-0.1, -0.05) is 65.7 Å². The summed E-state index contributed by atoms with van der Waals surface area (Å²) in [5.74, 6) is -0.398. The zero-order chi connectivity index (χ0) is 19.1. The van der Waals surface area contributed by atoms with Gasteiger partial charge in [0.25, 0.3) is 5.91 Å². The van der Waals surface area contributed by atoms with Gasteiger partial charge in [-0.15, -0.1) is 0 Å². The van der Waals surface area contributed by atoms with Gasteiger partial charge < -0.3 is 10.6 Å². The molecule has 0 fully saturated rings. The fourth-order valence-corrected chi connectivity index (χ4v) is 3.08. The lowest BCUT2D eigenvalue weighted by molar-refractivity contribution is -0.123. The average Bonchev–Trinajstić information content (AvgIpc) is 2.61. The molecule has 2 aromatic rings. The van der Waals surface area contributed by atoms with Crippen LogP contribution in [-0.2, 0) is 11.2 Å². The molecule has 0 aliphatic carbocycles. The summed E-state index contributed by atoms with van der Waals surface area (Å²) in [5.41, 5.74) is 2.78. The number of benzene rings is 2. The second-order valence-electron chi connectivity index (χ2n) is 6.69. The van der Waals surface area contributed by atoms with E-state index < -0.39 is 6.04 Å². The van der Waals surface area contributed by atoms with E-state index in [-0.39, 0.29) is 17.7 Å². The van der Waals surface area contributed by atoms with Crippen molar-refractivity contribution >= 4 is 27.7 Å². The van der Waals surface area contributed by atoms with Gasteiger partial charge in [0, 0.05) is 16.6 Å². The summed E-state index contributed by atoms with van der Waals surface area (Å²) in [6.07, 6.45) is 0.726. The van der Waals surface area contributed by atoms with Gasteiger partial charge in [-0.3, -0.25) is 9.59 Å². The topological polar surface area (TPSA) is 58.2 Å². The average molecular weight is 417 g/mol. The van der Waals surface area contributed by atoms with E-state index >= 15 is 0 Å². The molecule has 0 heterocycles. The lowest BCUT2D eigenvalue weighted by Crippen LogP contribution is -2.50. The van der Waals surface area contributed by atoms with Crippen LogP contribution in [0.2, 0.25) is 0 Å². The standard InChI is InChI=1S/C21H25BrN2O2/c1-14(2)19(24-20(25)17-10-8-15(3)9-11-17)21(26)23-13-12-16-6-4-5-7-18(16)22/h4-11,14,19H,12-13H2,1-3H3,(H,23,26)(H,24,25). The maximum atomic E-state index is 12.5. The van der Waals surface area contributed by atoms with Gasteiger partial charge in [0.2, 0.25) is 5.91 Å². The molecule has 0 aromatic heterocycles. The minimum atomic E-state index is -0.567. The monoisotopic (exact) mass is 416 g/mol. The smallest absolute Gasteiger partial charge is 0.251 e. The number of aryl methyl sites for hydroxylation is 1. The van der Waals surface area contributed by atoms with Crippen molar-refractivity contribution in [1.82, 2.24) is 10.6 Å². The number of rotatable bonds is 7. The predicted octanol–water partition coefficient (Wildman–Crippen LogP) is 3.87. The lowest BCUT2D eigenvalue weighted by atomic mass is 10.0. The van der Waals surface area contributed by atoms with Crippen LogP contribution in [0.1, 0.15) is 35.3 Å². The molecule has 0 saturated carbocycles. The highest BCUT2D eigenvalue weighted by Crippen LogP contribution is 2.16. The molecule has 138 valence electrons. The molecular formula is C21H25BrN2O2. The minimum absolute atomic E-state index is 0.00661. The van der Waals surface area contributed by atoms with Crippen LogP contribution in [0.25, 0.3) is 0 Å². The molecule has 26 heavy (non-hydrogen) atoms. The number of carbonyl (C=O) groups excluding carboxylic acids is 2. The number of halogens is 1. The molecule has 2 amide bonds. The molecular weight excluding hydrogens is 392 g/mol. The van der Waals surface area contributed by atoms with Gasteiger partial charge in [0.05, 0.1) is 0 Å². The van der Waals surface area contributed by atoms with E-state index in [9.17, 15) is 9.59 Å². The Labute approximate surface area is 163 Å². The van der Waals surface area contributed by atoms with Crippen LogP contribution in [-0.4, -0.2) is 24.4 Å². The lowest BCUT2D eigenvalue weighted by Gasteiger charge is -2.22. The maximum absolute atomic E-state index is 12.5. The first-order valence-corrected chi connectivity index (χ1v) is 9.56. The second kappa shape index (κ2) is 9.53. The van der Waals surface area contributed by atoms with E-state index in [4.69, 9.17) is 0 Å². The molecule has 0 saturated heterocycles. The van der Waals surface area contributed by atoms with E-state index in [1.54, 1.807) is 12.1 Å². The molecule has 4 nitrogen and oxygen atoms in total. The van der Waals surface area contributed by atoms with Gasteiger partial charge in [0.15, 0.2) is 0 Å². The molecule has 2 N–H and O–H groups in total. The van der Waals surface area contributed by atoms with Crippen molar-refractivity contribution in [2.45, 2.75) is 33.2 Å². The summed E-state index contributed by atoms with van der Waals surface area (Å²) in [6.45, 7) is 6.34. The van der Waals surface area contributed by atoms with Crippen LogP contribution in [0.4, 0.5) is 0 Å². The number of hydrogen-bond donors (Lipinski definition) is 2. The molecule has 1 unspecified atom stereocenters. The van der Waals surface area contributed by atoms with Crippen molar-refractivity contribution in [2.24, 2.45) is 5.92 Å². The molecule has 2 rings (SSSR count). The van der Waals surface area contributed by atoms with E-state index in [0.29, 0.717) is 12.1 Å². The summed E-state index contributed by atoms with van der Waals surface area (Å²) in [7, 11) is 0. The third-order valence-electron chi connectivity index (χ3n) is 4.20. The van der Waals surface area contributed by atoms with Crippen molar-refractivity contribution in [3.63, 3.8) is 0 Å². The van der Waals surface area contributed by atoms with Crippen molar-refractivity contribution < 1.29 is 9.59 Å². The van der Waals surface area contributed by atoms with E-state index in [1.807, 2.05) is 57.2 Å². The van der Waals surface area contributed by atoms with Crippen LogP contribution in [0.15, 0.2) is 53.0 Å². The van der Waals surface area contributed by atoms with Crippen molar-refractivity contribution in [3.05, 3.63) is 69.7 Å². The highest BCUT2D eigenvalue weighted by molar-refractivity contribution is 9.10. The molecule has 1 atom stereocenters. The third-order valence-corrected chi connectivity index (χ3v) is 4.97. The van der Waals surface area contributed by atoms with Gasteiger partial charge in [0.1, 0.15) is 6.04 Å². The van der Waals surface area contributed by atoms with Gasteiger partial charge >= 0.3 is 0 Å². The van der Waals surface area contributed by atoms with Crippen LogP contribution in [0.3, 0.4) is 0 Å². The second-order valence-corrected chi connectivity index (χ2v) is 7.55. The first kappa shape index (κ1) is 20.2. The maximum Gasteiger partial charge on any atom is 0.251 e. The molecule has 2 aromatic carbocycles. The fourth-order valence-electron chi connectivity index (χ4n) is 2.60. The molecule has 5 heteroatoms. The Morgan fingerprint density at radius 3 is 2.31 bits per heavy atom. The van der Waals surface area contributed by atoms with E-state index in [2.05, 4.69) is 26.6 Å².